The third-order valence-electron chi connectivity index (χ3n) is 2.69. The van der Waals surface area contributed by atoms with Crippen LogP contribution in [0.25, 0.3) is 0 Å². The van der Waals surface area contributed by atoms with E-state index in [1.54, 1.807) is 13.8 Å². The Morgan fingerprint density at radius 2 is 2.14 bits per heavy atom. The topological polar surface area (TPSA) is 66.8 Å². The summed E-state index contributed by atoms with van der Waals surface area (Å²) in [5.41, 5.74) is 0. The fraction of sp³-hybridized carbons (Fsp3) is 0.900. The summed E-state index contributed by atoms with van der Waals surface area (Å²) in [4.78, 5) is 10.7. The van der Waals surface area contributed by atoms with Crippen molar-refractivity contribution in [2.75, 3.05) is 0 Å². The third kappa shape index (κ3) is 2.96. The highest BCUT2D eigenvalue weighted by Crippen LogP contribution is 2.27. The van der Waals surface area contributed by atoms with Crippen molar-refractivity contribution < 1.29 is 19.7 Å². The number of aliphatic carboxylic acids is 1. The molecule has 0 unspecified atom stereocenters. The van der Waals surface area contributed by atoms with Crippen LogP contribution in [0.2, 0.25) is 0 Å². The number of aliphatic hydroxyl groups is 1. The summed E-state index contributed by atoms with van der Waals surface area (Å²) in [6.45, 7) is 3.38. The fourth-order valence-corrected chi connectivity index (χ4v) is 1.81. The lowest BCUT2D eigenvalue weighted by atomic mass is 10.0. The molecule has 14 heavy (non-hydrogen) atoms. The van der Waals surface area contributed by atoms with Crippen molar-refractivity contribution in [3.05, 3.63) is 0 Å². The molecule has 0 aromatic carbocycles. The molecule has 0 aromatic heterocycles. The van der Waals surface area contributed by atoms with Gasteiger partial charge in [0.2, 0.25) is 0 Å². The number of aliphatic hydroxyl groups excluding tert-OH is 1. The van der Waals surface area contributed by atoms with E-state index in [1.165, 1.54) is 0 Å². The van der Waals surface area contributed by atoms with Crippen LogP contribution < -0.4 is 0 Å². The normalized spacial score (nSPS) is 31.4. The van der Waals surface area contributed by atoms with Gasteiger partial charge in [-0.25, -0.2) is 0 Å². The Morgan fingerprint density at radius 3 is 2.64 bits per heavy atom. The molecular weight excluding hydrogens is 184 g/mol. The zero-order chi connectivity index (χ0) is 10.7. The van der Waals surface area contributed by atoms with Gasteiger partial charge in [-0.1, -0.05) is 0 Å². The molecule has 1 heterocycles. The summed E-state index contributed by atoms with van der Waals surface area (Å²) in [6.07, 6.45) is 1.71. The van der Waals surface area contributed by atoms with Gasteiger partial charge in [0.15, 0.2) is 0 Å². The molecule has 0 bridgehead atoms. The van der Waals surface area contributed by atoms with Crippen LogP contribution in [-0.4, -0.2) is 34.5 Å². The van der Waals surface area contributed by atoms with E-state index in [-0.39, 0.29) is 18.3 Å². The van der Waals surface area contributed by atoms with Crippen LogP contribution in [0, 0.1) is 5.92 Å². The Labute approximate surface area is 83.9 Å². The predicted molar refractivity (Wildman–Crippen MR) is 51.0 cm³/mol. The first-order valence-electron chi connectivity index (χ1n) is 5.07. The molecule has 2 N–H and O–H groups in total. The van der Waals surface area contributed by atoms with Gasteiger partial charge in [0, 0.05) is 0 Å². The molecule has 0 aliphatic carbocycles. The van der Waals surface area contributed by atoms with Crippen LogP contribution in [0.15, 0.2) is 0 Å². The number of hydrogen-bond donors (Lipinski definition) is 2. The van der Waals surface area contributed by atoms with Gasteiger partial charge < -0.3 is 14.9 Å². The van der Waals surface area contributed by atoms with Crippen LogP contribution >= 0.6 is 0 Å². The molecule has 0 spiro atoms. The van der Waals surface area contributed by atoms with Crippen molar-refractivity contribution in [2.45, 2.75) is 51.4 Å². The lowest BCUT2D eigenvalue weighted by Gasteiger charge is -2.17. The number of carboxylic acids is 1. The quantitative estimate of drug-likeness (QED) is 0.714. The molecule has 0 radical (unpaired) electrons. The Morgan fingerprint density at radius 1 is 1.50 bits per heavy atom. The second-order valence-corrected chi connectivity index (χ2v) is 4.09. The molecule has 1 aliphatic rings. The van der Waals surface area contributed by atoms with Crippen LogP contribution in [0.1, 0.15) is 33.1 Å². The highest BCUT2D eigenvalue weighted by atomic mass is 16.5. The van der Waals surface area contributed by atoms with E-state index in [0.29, 0.717) is 6.42 Å². The first kappa shape index (κ1) is 11.5. The van der Waals surface area contributed by atoms with Crippen LogP contribution in [-0.2, 0) is 9.53 Å². The Bertz CT molecular complexity index is 202. The molecule has 4 atom stereocenters. The van der Waals surface area contributed by atoms with E-state index < -0.39 is 11.9 Å². The molecule has 1 fully saturated rings. The Balaban J connectivity index is 2.37. The maximum Gasteiger partial charge on any atom is 0.308 e. The highest BCUT2D eigenvalue weighted by Gasteiger charge is 2.33. The summed E-state index contributed by atoms with van der Waals surface area (Å²) < 4.78 is 5.55. The van der Waals surface area contributed by atoms with Crippen LogP contribution in [0.4, 0.5) is 0 Å². The number of ether oxygens (including phenoxy) is 1. The van der Waals surface area contributed by atoms with Crippen molar-refractivity contribution in [1.29, 1.82) is 0 Å². The smallest absolute Gasteiger partial charge is 0.308 e. The van der Waals surface area contributed by atoms with Gasteiger partial charge in [-0.15, -0.1) is 0 Å². The van der Waals surface area contributed by atoms with Gasteiger partial charge in [0.1, 0.15) is 0 Å². The Kier molecular flexibility index (Phi) is 3.89. The molecule has 1 saturated heterocycles. The average Bonchev–Trinajstić information content (AvgIpc) is 2.50. The molecule has 1 rings (SSSR count). The predicted octanol–water partition coefficient (Wildman–Crippen LogP) is 1.03. The van der Waals surface area contributed by atoms with Crippen molar-refractivity contribution in [2.24, 2.45) is 5.92 Å². The number of carbonyl (C=O) groups is 1. The van der Waals surface area contributed by atoms with Gasteiger partial charge >= 0.3 is 5.97 Å². The first-order valence-corrected chi connectivity index (χ1v) is 5.07. The van der Waals surface area contributed by atoms with E-state index in [0.717, 1.165) is 12.8 Å². The summed E-state index contributed by atoms with van der Waals surface area (Å²) >= 11 is 0. The molecule has 4 heteroatoms. The zero-order valence-corrected chi connectivity index (χ0v) is 8.64. The molecular formula is C10H18O4. The van der Waals surface area contributed by atoms with Crippen molar-refractivity contribution in [3.8, 4) is 0 Å². The lowest BCUT2D eigenvalue weighted by Crippen LogP contribution is -2.26. The number of rotatable bonds is 4. The highest BCUT2D eigenvalue weighted by molar-refractivity contribution is 5.70. The largest absolute Gasteiger partial charge is 0.481 e. The first-order chi connectivity index (χ1) is 6.50. The third-order valence-corrected chi connectivity index (χ3v) is 2.69. The van der Waals surface area contributed by atoms with Crippen LogP contribution in [0.3, 0.4) is 0 Å². The maximum absolute atomic E-state index is 10.7. The molecule has 82 valence electrons. The van der Waals surface area contributed by atoms with Gasteiger partial charge in [-0.05, 0) is 33.1 Å². The standard InChI is InChI=1S/C10H18O4/c1-6(11)5-8-3-4-9(14-8)7(2)10(12)13/h6-9,11H,3-5H2,1-2H3,(H,12,13)/t6-,7+,8+,9+/m0/s1. The van der Waals surface area contributed by atoms with Crippen molar-refractivity contribution >= 4 is 5.97 Å². The van der Waals surface area contributed by atoms with Gasteiger partial charge in [0.05, 0.1) is 24.2 Å². The summed E-state index contributed by atoms with van der Waals surface area (Å²) in [6, 6.07) is 0. The molecule has 0 aromatic rings. The van der Waals surface area contributed by atoms with Gasteiger partial charge in [-0.3, -0.25) is 4.79 Å². The number of carboxylic acid groups (broad SMARTS) is 1. The fourth-order valence-electron chi connectivity index (χ4n) is 1.81. The summed E-state index contributed by atoms with van der Waals surface area (Å²) in [5, 5.41) is 17.9. The minimum absolute atomic E-state index is 0.0294. The SMILES string of the molecule is C[C@H](O)C[C@H]1CC[C@H]([C@@H](C)C(=O)O)O1. The minimum Gasteiger partial charge on any atom is -0.481 e. The average molecular weight is 202 g/mol. The van der Waals surface area contributed by atoms with E-state index in [4.69, 9.17) is 14.9 Å². The number of hydrogen-bond acceptors (Lipinski definition) is 3. The minimum atomic E-state index is -0.812. The Hall–Kier alpha value is -0.610. The van der Waals surface area contributed by atoms with Crippen LogP contribution in [0.5, 0.6) is 0 Å². The van der Waals surface area contributed by atoms with E-state index in [2.05, 4.69) is 0 Å². The molecule has 0 amide bonds. The molecule has 1 aliphatic heterocycles. The van der Waals surface area contributed by atoms with Crippen molar-refractivity contribution in [3.63, 3.8) is 0 Å². The second kappa shape index (κ2) is 4.75. The zero-order valence-electron chi connectivity index (χ0n) is 8.64. The summed E-state index contributed by atoms with van der Waals surface area (Å²) in [7, 11) is 0. The van der Waals surface area contributed by atoms with Gasteiger partial charge in [0.25, 0.3) is 0 Å². The molecule has 0 saturated carbocycles. The lowest BCUT2D eigenvalue weighted by molar-refractivity contribution is -0.146. The van der Waals surface area contributed by atoms with E-state index in [1.807, 2.05) is 0 Å². The van der Waals surface area contributed by atoms with Gasteiger partial charge in [-0.2, -0.15) is 0 Å². The van der Waals surface area contributed by atoms with E-state index >= 15 is 0 Å². The second-order valence-electron chi connectivity index (χ2n) is 4.09. The summed E-state index contributed by atoms with van der Waals surface area (Å²) in [5.74, 6) is -1.26. The monoisotopic (exact) mass is 202 g/mol. The van der Waals surface area contributed by atoms with Crippen molar-refractivity contribution in [1.82, 2.24) is 0 Å². The maximum atomic E-state index is 10.7. The molecule has 4 nitrogen and oxygen atoms in total. The van der Waals surface area contributed by atoms with E-state index in [9.17, 15) is 4.79 Å².